The van der Waals surface area contributed by atoms with E-state index in [1.54, 1.807) is 24.3 Å². The Balaban J connectivity index is 0.917. The molecule has 1 saturated heterocycles. The summed E-state index contributed by atoms with van der Waals surface area (Å²) in [4.78, 5) is 70.7. The van der Waals surface area contributed by atoms with Crippen molar-refractivity contribution < 1.29 is 33.4 Å². The number of anilines is 1. The Labute approximate surface area is 288 Å². The molecule has 1 unspecified atom stereocenters. The molecule has 7 rings (SSSR count). The van der Waals surface area contributed by atoms with Gasteiger partial charge in [0.05, 0.1) is 11.1 Å². The molecule has 3 aliphatic rings. The molecule has 254 valence electrons. The quantitative estimate of drug-likeness (QED) is 0.169. The van der Waals surface area contributed by atoms with E-state index in [1.807, 2.05) is 36.4 Å². The van der Waals surface area contributed by atoms with Crippen LogP contribution in [0.25, 0.3) is 0 Å². The first kappa shape index (κ1) is 32.6. The van der Waals surface area contributed by atoms with E-state index in [1.165, 1.54) is 13.1 Å². The van der Waals surface area contributed by atoms with Gasteiger partial charge < -0.3 is 14.8 Å². The highest BCUT2D eigenvalue weighted by Crippen LogP contribution is 2.36. The van der Waals surface area contributed by atoms with Crippen LogP contribution in [0, 0.1) is 0 Å². The maximum Gasteiger partial charge on any atom is 0.262 e. The predicted octanol–water partition coefficient (Wildman–Crippen LogP) is 5.22. The van der Waals surface area contributed by atoms with Crippen LogP contribution in [0.1, 0.15) is 88.9 Å². The minimum absolute atomic E-state index is 0.0287. The van der Waals surface area contributed by atoms with E-state index in [0.29, 0.717) is 17.3 Å². The average molecular weight is 674 g/mol. The van der Waals surface area contributed by atoms with E-state index in [2.05, 4.69) is 46.6 Å². The number of carbonyl (C=O) groups is 5. The van der Waals surface area contributed by atoms with Gasteiger partial charge in [-0.25, -0.2) is 4.98 Å². The second-order valence-electron chi connectivity index (χ2n) is 13.3. The zero-order valence-electron chi connectivity index (χ0n) is 27.8. The minimum Gasteiger partial charge on any atom is -0.490 e. The lowest BCUT2D eigenvalue weighted by Crippen LogP contribution is -2.54. The van der Waals surface area contributed by atoms with Crippen LogP contribution in [0.4, 0.5) is 5.69 Å². The van der Waals surface area contributed by atoms with E-state index in [4.69, 9.17) is 9.47 Å². The topological polar surface area (TPSA) is 157 Å². The van der Waals surface area contributed by atoms with Gasteiger partial charge in [-0.2, -0.15) is 4.98 Å². The Morgan fingerprint density at radius 1 is 0.880 bits per heavy atom. The van der Waals surface area contributed by atoms with Crippen molar-refractivity contribution >= 4 is 35.1 Å². The second kappa shape index (κ2) is 12.8. The summed E-state index contributed by atoms with van der Waals surface area (Å²) in [6.45, 7) is 5.71. The Bertz CT molecular complexity index is 2020. The molecule has 1 atom stereocenters. The Morgan fingerprint density at radius 2 is 1.54 bits per heavy atom. The molecule has 1 saturated carbocycles. The van der Waals surface area contributed by atoms with Crippen molar-refractivity contribution in [3.8, 4) is 17.4 Å². The average Bonchev–Trinajstić information content (AvgIpc) is 3.32. The monoisotopic (exact) mass is 673 g/mol. The molecular weight excluding hydrogens is 638 g/mol. The Kier molecular flexibility index (Phi) is 8.38. The maximum absolute atomic E-state index is 13.2. The standard InChI is InChI=1S/C38H35N5O7/c1-21(44)34-39-17-16-33(42-34)50-27-11-6-23(7-12-27)38(2,3)22-4-9-26(10-5-22)49-28-18-25(19-28)40-24-8-13-29-30(20-24)37(48)43(36(29)47)31-14-15-32(45)41-35(31)46/h4-13,16-17,20,25,28,31,40H,14-15,18-19H2,1-3H3,(H,41,45,46). The van der Waals surface area contributed by atoms with Crippen LogP contribution in [0.15, 0.2) is 79.0 Å². The third-order valence-corrected chi connectivity index (χ3v) is 9.53. The van der Waals surface area contributed by atoms with E-state index in [9.17, 15) is 24.0 Å². The molecule has 2 fully saturated rings. The SMILES string of the molecule is CC(=O)c1nccc(Oc2ccc(C(C)(C)c3ccc(OC4CC(Nc5ccc6c(c5)C(=O)N(C5CCC(=O)NC5=O)C6=O)C4)cc3)cc2)n1. The molecule has 3 aromatic carbocycles. The van der Waals surface area contributed by atoms with Crippen molar-refractivity contribution in [3.05, 3.63) is 107 Å². The lowest BCUT2D eigenvalue weighted by Gasteiger charge is -2.36. The zero-order chi connectivity index (χ0) is 35.2. The third-order valence-electron chi connectivity index (χ3n) is 9.53. The van der Waals surface area contributed by atoms with E-state index in [0.717, 1.165) is 34.6 Å². The molecule has 0 bridgehead atoms. The highest BCUT2D eigenvalue weighted by atomic mass is 16.5. The van der Waals surface area contributed by atoms with Crippen molar-refractivity contribution in [1.29, 1.82) is 0 Å². The van der Waals surface area contributed by atoms with Gasteiger partial charge in [-0.3, -0.25) is 34.2 Å². The summed E-state index contributed by atoms with van der Waals surface area (Å²) in [6, 6.07) is 21.6. The van der Waals surface area contributed by atoms with Crippen LogP contribution >= 0.6 is 0 Å². The number of benzene rings is 3. The normalized spacial score (nSPS) is 20.1. The number of amides is 4. The number of nitrogens with zero attached hydrogens (tertiary/aromatic N) is 3. The van der Waals surface area contributed by atoms with Crippen molar-refractivity contribution in [1.82, 2.24) is 20.2 Å². The minimum atomic E-state index is -0.992. The smallest absolute Gasteiger partial charge is 0.262 e. The van der Waals surface area contributed by atoms with Gasteiger partial charge in [0.2, 0.25) is 17.7 Å². The lowest BCUT2D eigenvalue weighted by molar-refractivity contribution is -0.136. The van der Waals surface area contributed by atoms with Gasteiger partial charge >= 0.3 is 0 Å². The number of piperidine rings is 1. The van der Waals surface area contributed by atoms with Crippen molar-refractivity contribution in [3.63, 3.8) is 0 Å². The number of imide groups is 2. The fraction of sp³-hybridized carbons (Fsp3) is 0.289. The van der Waals surface area contributed by atoms with Gasteiger partial charge in [-0.1, -0.05) is 38.1 Å². The highest BCUT2D eigenvalue weighted by molar-refractivity contribution is 6.23. The van der Waals surface area contributed by atoms with Gasteiger partial charge in [0.1, 0.15) is 23.6 Å². The largest absolute Gasteiger partial charge is 0.490 e. The molecule has 3 heterocycles. The summed E-state index contributed by atoms with van der Waals surface area (Å²) in [5.41, 5.74) is 3.13. The van der Waals surface area contributed by atoms with Crippen LogP contribution in [0.3, 0.4) is 0 Å². The third kappa shape index (κ3) is 6.31. The fourth-order valence-electron chi connectivity index (χ4n) is 6.51. The van der Waals surface area contributed by atoms with Crippen LogP contribution in [0.5, 0.6) is 17.4 Å². The molecule has 50 heavy (non-hydrogen) atoms. The summed E-state index contributed by atoms with van der Waals surface area (Å²) < 4.78 is 12.1. The van der Waals surface area contributed by atoms with E-state index >= 15 is 0 Å². The van der Waals surface area contributed by atoms with Gasteiger partial charge in [0.15, 0.2) is 11.6 Å². The first-order chi connectivity index (χ1) is 24.0. The van der Waals surface area contributed by atoms with Crippen LogP contribution in [-0.4, -0.2) is 62.5 Å². The lowest BCUT2D eigenvalue weighted by atomic mass is 9.78. The number of rotatable bonds is 10. The Morgan fingerprint density at radius 3 is 2.20 bits per heavy atom. The number of carbonyl (C=O) groups excluding carboxylic acids is 5. The van der Waals surface area contributed by atoms with Crippen LogP contribution in [0.2, 0.25) is 0 Å². The molecule has 0 radical (unpaired) electrons. The predicted molar refractivity (Wildman–Crippen MR) is 181 cm³/mol. The molecule has 4 amide bonds. The molecule has 4 aromatic rings. The number of nitrogens with one attached hydrogen (secondary N) is 2. The molecule has 1 aromatic heterocycles. The molecule has 12 heteroatoms. The number of aromatic nitrogens is 2. The maximum atomic E-state index is 13.2. The summed E-state index contributed by atoms with van der Waals surface area (Å²) >= 11 is 0. The van der Waals surface area contributed by atoms with Gasteiger partial charge in [-0.05, 0) is 60.0 Å². The van der Waals surface area contributed by atoms with Gasteiger partial charge in [0, 0.05) is 55.6 Å². The van der Waals surface area contributed by atoms with Crippen molar-refractivity contribution in [2.24, 2.45) is 0 Å². The number of ether oxygens (including phenoxy) is 2. The number of ketones is 1. The number of hydrogen-bond acceptors (Lipinski definition) is 10. The van der Waals surface area contributed by atoms with Crippen LogP contribution in [-0.2, 0) is 15.0 Å². The molecular formula is C38H35N5O7. The zero-order valence-corrected chi connectivity index (χ0v) is 27.8. The second-order valence-corrected chi connectivity index (χ2v) is 13.3. The first-order valence-electron chi connectivity index (χ1n) is 16.5. The Hall–Kier alpha value is -5.91. The van der Waals surface area contributed by atoms with Gasteiger partial charge in [-0.15, -0.1) is 0 Å². The molecule has 12 nitrogen and oxygen atoms in total. The molecule has 2 N–H and O–H groups in total. The van der Waals surface area contributed by atoms with E-state index < -0.39 is 29.7 Å². The molecule has 1 aliphatic carbocycles. The number of hydrogen-bond donors (Lipinski definition) is 2. The summed E-state index contributed by atoms with van der Waals surface area (Å²) in [6.07, 6.45) is 3.25. The number of Topliss-reactive ketones (excluding diaryl/α,β-unsaturated/α-hetero) is 1. The van der Waals surface area contributed by atoms with Crippen molar-refractivity contribution in [2.75, 3.05) is 5.32 Å². The first-order valence-corrected chi connectivity index (χ1v) is 16.5. The van der Waals surface area contributed by atoms with E-state index in [-0.39, 0.29) is 53.1 Å². The summed E-state index contributed by atoms with van der Waals surface area (Å²) in [7, 11) is 0. The van der Waals surface area contributed by atoms with Gasteiger partial charge in [0.25, 0.3) is 11.8 Å². The fourth-order valence-corrected chi connectivity index (χ4v) is 6.51. The summed E-state index contributed by atoms with van der Waals surface area (Å²) in [5.74, 6) is -0.519. The summed E-state index contributed by atoms with van der Waals surface area (Å²) in [5, 5.41) is 5.64. The molecule has 0 spiro atoms. The van der Waals surface area contributed by atoms with Crippen LogP contribution < -0.4 is 20.1 Å². The number of fused-ring (bicyclic) bond motifs is 1. The van der Waals surface area contributed by atoms with Crippen molar-refractivity contribution in [2.45, 2.75) is 70.1 Å². The molecule has 2 aliphatic heterocycles. The highest BCUT2D eigenvalue weighted by Gasteiger charge is 2.44.